The number of nitrogens with zero attached hydrogens (tertiary/aromatic N) is 2. The van der Waals surface area contributed by atoms with Gasteiger partial charge in [-0.15, -0.1) is 0 Å². The molecule has 3 rings (SSSR count). The van der Waals surface area contributed by atoms with Gasteiger partial charge in [-0.2, -0.15) is 0 Å². The monoisotopic (exact) mass is 410 g/mol. The molecule has 0 aromatic heterocycles. The normalized spacial score (nSPS) is 16.8. The molecule has 0 N–H and O–H groups in total. The number of carbonyl (C=O) groups is 1. The Bertz CT molecular complexity index is 809. The number of methoxy groups -OCH3 is 2. The molecule has 2 aromatic carbocycles. The number of carbonyl (C=O) groups excluding carboxylic acids is 1. The van der Waals surface area contributed by atoms with Crippen LogP contribution in [-0.2, 0) is 17.6 Å². The van der Waals surface area contributed by atoms with Gasteiger partial charge in [-0.3, -0.25) is 4.79 Å². The average Bonchev–Trinajstić information content (AvgIpc) is 2.79. The van der Waals surface area contributed by atoms with Crippen LogP contribution in [0, 0.1) is 0 Å². The summed E-state index contributed by atoms with van der Waals surface area (Å²) in [5.41, 5.74) is 2.34. The standard InChI is InChI=1S/C25H34N2O3/c1-26(25(28)18-21-13-14-23(29-2)24(17-21)30-3)22-12-8-16-27(19-22)15-7-11-20-9-5-4-6-10-20/h4-6,9-10,13-14,17,22H,7-8,11-12,15-16,18-19H2,1-3H3/t22-/m1/s1. The number of likely N-dealkylation sites (N-methyl/N-ethyl adjacent to an activating group) is 1. The molecular formula is C25H34N2O3. The third kappa shape index (κ3) is 5.99. The van der Waals surface area contributed by atoms with Crippen molar-refractivity contribution >= 4 is 5.91 Å². The Morgan fingerprint density at radius 1 is 1.07 bits per heavy atom. The molecule has 0 unspecified atom stereocenters. The van der Waals surface area contributed by atoms with Gasteiger partial charge in [0, 0.05) is 19.6 Å². The second-order valence-electron chi connectivity index (χ2n) is 8.06. The lowest BCUT2D eigenvalue weighted by atomic mass is 10.0. The first kappa shape index (κ1) is 22.2. The first-order chi connectivity index (χ1) is 14.6. The molecule has 5 heteroatoms. The molecule has 1 heterocycles. The van der Waals surface area contributed by atoms with Crippen LogP contribution in [0.4, 0.5) is 0 Å². The summed E-state index contributed by atoms with van der Waals surface area (Å²) in [4.78, 5) is 17.4. The Labute approximate surface area is 180 Å². The molecular weight excluding hydrogens is 376 g/mol. The Balaban J connectivity index is 1.50. The van der Waals surface area contributed by atoms with E-state index in [1.54, 1.807) is 14.2 Å². The van der Waals surface area contributed by atoms with E-state index in [1.165, 1.54) is 5.56 Å². The quantitative estimate of drug-likeness (QED) is 0.631. The number of aryl methyl sites for hydroxylation is 1. The minimum absolute atomic E-state index is 0.151. The lowest BCUT2D eigenvalue weighted by molar-refractivity contribution is -0.132. The number of likely N-dealkylation sites (tertiary alicyclic amines) is 1. The number of piperidine rings is 1. The van der Waals surface area contributed by atoms with Crippen LogP contribution in [0.3, 0.4) is 0 Å². The summed E-state index contributed by atoms with van der Waals surface area (Å²) in [6.45, 7) is 3.18. The van der Waals surface area contributed by atoms with Crippen molar-refractivity contribution in [1.82, 2.24) is 9.80 Å². The van der Waals surface area contributed by atoms with Crippen molar-refractivity contribution in [1.29, 1.82) is 0 Å². The fourth-order valence-electron chi connectivity index (χ4n) is 4.20. The maximum Gasteiger partial charge on any atom is 0.227 e. The van der Waals surface area contributed by atoms with E-state index in [0.29, 0.717) is 17.9 Å². The number of rotatable bonds is 9. The molecule has 0 bridgehead atoms. The van der Waals surface area contributed by atoms with Crippen LogP contribution in [0.2, 0.25) is 0 Å². The topological polar surface area (TPSA) is 42.0 Å². The lowest BCUT2D eigenvalue weighted by Gasteiger charge is -2.37. The van der Waals surface area contributed by atoms with Crippen molar-refractivity contribution in [3.8, 4) is 11.5 Å². The molecule has 1 fully saturated rings. The molecule has 162 valence electrons. The summed E-state index contributed by atoms with van der Waals surface area (Å²) in [5, 5.41) is 0. The second-order valence-corrected chi connectivity index (χ2v) is 8.06. The van der Waals surface area contributed by atoms with Gasteiger partial charge < -0.3 is 19.3 Å². The van der Waals surface area contributed by atoms with Crippen molar-refractivity contribution in [2.24, 2.45) is 0 Å². The summed E-state index contributed by atoms with van der Waals surface area (Å²) < 4.78 is 10.6. The fraction of sp³-hybridized carbons (Fsp3) is 0.480. The van der Waals surface area contributed by atoms with E-state index in [1.807, 2.05) is 30.1 Å². The van der Waals surface area contributed by atoms with Crippen LogP contribution in [0.5, 0.6) is 11.5 Å². The highest BCUT2D eigenvalue weighted by Crippen LogP contribution is 2.28. The number of hydrogen-bond acceptors (Lipinski definition) is 4. The third-order valence-corrected chi connectivity index (χ3v) is 6.01. The SMILES string of the molecule is COc1ccc(CC(=O)N(C)[C@@H]2CCCN(CCCc3ccccc3)C2)cc1OC. The third-order valence-electron chi connectivity index (χ3n) is 6.01. The van der Waals surface area contributed by atoms with Gasteiger partial charge in [-0.1, -0.05) is 36.4 Å². The van der Waals surface area contributed by atoms with E-state index in [4.69, 9.17) is 9.47 Å². The molecule has 0 saturated carbocycles. The van der Waals surface area contributed by atoms with Gasteiger partial charge in [0.05, 0.1) is 20.6 Å². The van der Waals surface area contributed by atoms with Crippen LogP contribution < -0.4 is 9.47 Å². The largest absolute Gasteiger partial charge is 0.493 e. The molecule has 1 saturated heterocycles. The molecule has 1 aliphatic heterocycles. The summed E-state index contributed by atoms with van der Waals surface area (Å²) in [5.74, 6) is 1.49. The molecule has 1 amide bonds. The van der Waals surface area contributed by atoms with E-state index in [2.05, 4.69) is 35.2 Å². The first-order valence-corrected chi connectivity index (χ1v) is 10.8. The van der Waals surface area contributed by atoms with Gasteiger partial charge in [0.2, 0.25) is 5.91 Å². The summed E-state index contributed by atoms with van der Waals surface area (Å²) in [6, 6.07) is 16.6. The smallest absolute Gasteiger partial charge is 0.227 e. The van der Waals surface area contributed by atoms with Crippen LogP contribution in [0.1, 0.15) is 30.4 Å². The predicted molar refractivity (Wildman–Crippen MR) is 120 cm³/mol. The van der Waals surface area contributed by atoms with Gasteiger partial charge >= 0.3 is 0 Å². The van der Waals surface area contributed by atoms with Gasteiger partial charge in [-0.05, 0) is 62.0 Å². The zero-order valence-corrected chi connectivity index (χ0v) is 18.5. The molecule has 2 aromatic rings. The Kier molecular flexibility index (Phi) is 8.14. The van der Waals surface area contributed by atoms with Crippen molar-refractivity contribution in [3.63, 3.8) is 0 Å². The van der Waals surface area contributed by atoms with Crippen molar-refractivity contribution in [2.45, 2.75) is 38.1 Å². The van der Waals surface area contributed by atoms with E-state index < -0.39 is 0 Å². The minimum Gasteiger partial charge on any atom is -0.493 e. The molecule has 5 nitrogen and oxygen atoms in total. The lowest BCUT2D eigenvalue weighted by Crippen LogP contribution is -2.49. The highest BCUT2D eigenvalue weighted by Gasteiger charge is 2.26. The molecule has 0 radical (unpaired) electrons. The Morgan fingerprint density at radius 3 is 2.57 bits per heavy atom. The van der Waals surface area contributed by atoms with Gasteiger partial charge in [0.1, 0.15) is 0 Å². The molecule has 30 heavy (non-hydrogen) atoms. The zero-order chi connectivity index (χ0) is 21.3. The Morgan fingerprint density at radius 2 is 1.83 bits per heavy atom. The average molecular weight is 411 g/mol. The van der Waals surface area contributed by atoms with E-state index in [0.717, 1.165) is 50.9 Å². The number of hydrogen-bond donors (Lipinski definition) is 0. The summed E-state index contributed by atoms with van der Waals surface area (Å²) in [7, 11) is 5.18. The molecule has 1 aliphatic rings. The molecule has 0 aliphatic carbocycles. The predicted octanol–water partition coefficient (Wildman–Crippen LogP) is 3.80. The zero-order valence-electron chi connectivity index (χ0n) is 18.5. The second kappa shape index (κ2) is 11.0. The fourth-order valence-corrected chi connectivity index (χ4v) is 4.20. The molecule has 0 spiro atoms. The first-order valence-electron chi connectivity index (χ1n) is 10.8. The summed E-state index contributed by atoms with van der Waals surface area (Å²) >= 11 is 0. The van der Waals surface area contributed by atoms with Crippen LogP contribution >= 0.6 is 0 Å². The number of benzene rings is 2. The maximum atomic E-state index is 12.9. The van der Waals surface area contributed by atoms with Gasteiger partial charge in [0.15, 0.2) is 11.5 Å². The minimum atomic E-state index is 0.151. The van der Waals surface area contributed by atoms with E-state index in [9.17, 15) is 4.79 Å². The van der Waals surface area contributed by atoms with Crippen LogP contribution in [-0.4, -0.2) is 62.7 Å². The Hall–Kier alpha value is -2.53. The summed E-state index contributed by atoms with van der Waals surface area (Å²) in [6.07, 6.45) is 4.85. The van der Waals surface area contributed by atoms with Crippen LogP contribution in [0.15, 0.2) is 48.5 Å². The number of ether oxygens (including phenoxy) is 2. The van der Waals surface area contributed by atoms with Crippen LogP contribution in [0.25, 0.3) is 0 Å². The maximum absolute atomic E-state index is 12.9. The van der Waals surface area contributed by atoms with Crippen molar-refractivity contribution in [3.05, 3.63) is 59.7 Å². The van der Waals surface area contributed by atoms with Gasteiger partial charge in [-0.25, -0.2) is 0 Å². The van der Waals surface area contributed by atoms with Crippen molar-refractivity contribution in [2.75, 3.05) is 40.9 Å². The molecule has 1 atom stereocenters. The number of amides is 1. The van der Waals surface area contributed by atoms with E-state index in [-0.39, 0.29) is 11.9 Å². The van der Waals surface area contributed by atoms with Crippen molar-refractivity contribution < 1.29 is 14.3 Å². The van der Waals surface area contributed by atoms with Gasteiger partial charge in [0.25, 0.3) is 0 Å². The highest BCUT2D eigenvalue weighted by molar-refractivity contribution is 5.79. The van der Waals surface area contributed by atoms with E-state index >= 15 is 0 Å². The highest BCUT2D eigenvalue weighted by atomic mass is 16.5.